The van der Waals surface area contributed by atoms with E-state index >= 15 is 0 Å². The van der Waals surface area contributed by atoms with Crippen molar-refractivity contribution in [2.75, 3.05) is 32.1 Å². The van der Waals surface area contributed by atoms with Gasteiger partial charge in [-0.1, -0.05) is 6.07 Å². The molecule has 0 spiro atoms. The van der Waals surface area contributed by atoms with E-state index in [9.17, 15) is 9.18 Å². The maximum absolute atomic E-state index is 13.9. The van der Waals surface area contributed by atoms with Crippen LogP contribution in [0.25, 0.3) is 0 Å². The lowest BCUT2D eigenvalue weighted by atomic mass is 9.90. The quantitative estimate of drug-likeness (QED) is 0.929. The Bertz CT molecular complexity index is 553. The Balaban J connectivity index is 1.57. The second kappa shape index (κ2) is 7.17. The van der Waals surface area contributed by atoms with Crippen LogP contribution in [0, 0.1) is 11.7 Å². The van der Waals surface area contributed by atoms with Crippen molar-refractivity contribution in [2.45, 2.75) is 31.8 Å². The third-order valence-corrected chi connectivity index (χ3v) is 4.74. The Morgan fingerprint density at radius 2 is 2.13 bits per heavy atom. The fraction of sp³-hybridized carbons (Fsp3) is 0.588. The van der Waals surface area contributed by atoms with Gasteiger partial charge in [-0.25, -0.2) is 9.18 Å². The predicted octanol–water partition coefficient (Wildman–Crippen LogP) is 3.26. The van der Waals surface area contributed by atoms with Gasteiger partial charge in [0.05, 0.1) is 13.2 Å². The first-order chi connectivity index (χ1) is 11.2. The van der Waals surface area contributed by atoms with E-state index in [1.54, 1.807) is 17.0 Å². The van der Waals surface area contributed by atoms with Gasteiger partial charge in [-0.2, -0.15) is 0 Å². The summed E-state index contributed by atoms with van der Waals surface area (Å²) in [4.78, 5) is 14.1. The number of piperidine rings is 1. The molecule has 1 aromatic rings. The van der Waals surface area contributed by atoms with E-state index in [0.29, 0.717) is 30.9 Å². The Labute approximate surface area is 135 Å². The Kier molecular flexibility index (Phi) is 5.00. The minimum Gasteiger partial charge on any atom is -0.494 e. The normalized spacial score (nSPS) is 22.2. The first-order valence-electron chi connectivity index (χ1n) is 8.19. The highest BCUT2D eigenvalue weighted by molar-refractivity contribution is 5.91. The molecule has 2 aliphatic heterocycles. The van der Waals surface area contributed by atoms with Gasteiger partial charge in [0.25, 0.3) is 0 Å². The molecule has 0 aromatic heterocycles. The topological polar surface area (TPSA) is 50.8 Å². The van der Waals surface area contributed by atoms with Gasteiger partial charge >= 0.3 is 6.03 Å². The van der Waals surface area contributed by atoms with Gasteiger partial charge in [0.2, 0.25) is 0 Å². The molecule has 1 unspecified atom stereocenters. The van der Waals surface area contributed by atoms with Gasteiger partial charge in [-0.15, -0.1) is 0 Å². The third kappa shape index (κ3) is 3.58. The van der Waals surface area contributed by atoms with Crippen molar-refractivity contribution in [1.29, 1.82) is 0 Å². The number of hydrogen-bond acceptors (Lipinski definition) is 3. The first kappa shape index (κ1) is 16.1. The summed E-state index contributed by atoms with van der Waals surface area (Å²) in [6, 6.07) is 4.21. The summed E-state index contributed by atoms with van der Waals surface area (Å²) < 4.78 is 24.8. The number of methoxy groups -OCH3 is 1. The molecule has 2 amide bonds. The van der Waals surface area contributed by atoms with E-state index in [-0.39, 0.29) is 11.7 Å². The van der Waals surface area contributed by atoms with Crippen LogP contribution in [0.2, 0.25) is 0 Å². The number of carbonyl (C=O) groups is 1. The van der Waals surface area contributed by atoms with Crippen molar-refractivity contribution >= 4 is 11.7 Å². The number of para-hydroxylation sites is 1. The molecule has 1 aromatic carbocycles. The number of anilines is 1. The molecular formula is C17H23FN2O3. The molecule has 0 radical (unpaired) electrons. The molecule has 1 atom stereocenters. The summed E-state index contributed by atoms with van der Waals surface area (Å²) >= 11 is 0. The van der Waals surface area contributed by atoms with Gasteiger partial charge in [0.1, 0.15) is 11.4 Å². The minimum absolute atomic E-state index is 0.0984. The first-order valence-corrected chi connectivity index (χ1v) is 8.19. The number of carbonyl (C=O) groups excluding carboxylic acids is 1. The van der Waals surface area contributed by atoms with Crippen molar-refractivity contribution in [3.05, 3.63) is 24.0 Å². The maximum Gasteiger partial charge on any atom is 0.322 e. The van der Waals surface area contributed by atoms with Crippen molar-refractivity contribution in [2.24, 2.45) is 5.92 Å². The number of halogens is 1. The standard InChI is InChI=1S/C17H23FN2O3/c1-22-15-5-2-4-13(18)16(15)19-17(21)20-9-7-12(8-10-20)14-6-3-11-23-14/h2,4-5,12,14H,3,6-11H2,1H3,(H,19,21). The summed E-state index contributed by atoms with van der Waals surface area (Å²) in [5.41, 5.74) is 0.0984. The fourth-order valence-corrected chi connectivity index (χ4v) is 3.43. The number of ether oxygens (including phenoxy) is 2. The maximum atomic E-state index is 13.9. The van der Waals surface area contributed by atoms with E-state index in [4.69, 9.17) is 9.47 Å². The molecule has 0 saturated carbocycles. The van der Waals surface area contributed by atoms with Crippen LogP contribution in [-0.4, -0.2) is 43.8 Å². The lowest BCUT2D eigenvalue weighted by Gasteiger charge is -2.34. The van der Waals surface area contributed by atoms with Crippen LogP contribution in [0.15, 0.2) is 18.2 Å². The molecule has 0 bridgehead atoms. The second-order valence-corrected chi connectivity index (χ2v) is 6.12. The lowest BCUT2D eigenvalue weighted by molar-refractivity contribution is 0.0382. The Morgan fingerprint density at radius 1 is 1.35 bits per heavy atom. The van der Waals surface area contributed by atoms with Crippen molar-refractivity contribution < 1.29 is 18.7 Å². The molecule has 5 nitrogen and oxygen atoms in total. The molecule has 0 aliphatic carbocycles. The van der Waals surface area contributed by atoms with Crippen LogP contribution in [-0.2, 0) is 4.74 Å². The largest absolute Gasteiger partial charge is 0.494 e. The number of nitrogens with one attached hydrogen (secondary N) is 1. The number of nitrogens with zero attached hydrogens (tertiary/aromatic N) is 1. The summed E-state index contributed by atoms with van der Waals surface area (Å²) in [5.74, 6) is 0.365. The SMILES string of the molecule is COc1cccc(F)c1NC(=O)N1CCC(C2CCCO2)CC1. The second-order valence-electron chi connectivity index (χ2n) is 6.12. The molecule has 2 fully saturated rings. The van der Waals surface area contributed by atoms with Crippen molar-refractivity contribution in [3.63, 3.8) is 0 Å². The molecule has 2 heterocycles. The molecular weight excluding hydrogens is 299 g/mol. The van der Waals surface area contributed by atoms with E-state index in [1.165, 1.54) is 13.2 Å². The number of rotatable bonds is 3. The van der Waals surface area contributed by atoms with Gasteiger partial charge in [0.15, 0.2) is 5.82 Å². The number of hydrogen-bond donors (Lipinski definition) is 1. The Hall–Kier alpha value is -1.82. The smallest absolute Gasteiger partial charge is 0.322 e. The van der Waals surface area contributed by atoms with Crippen LogP contribution in [0.1, 0.15) is 25.7 Å². The summed E-state index contributed by atoms with van der Waals surface area (Å²) in [5, 5.41) is 2.64. The van der Waals surface area contributed by atoms with Gasteiger partial charge in [-0.05, 0) is 43.7 Å². The average Bonchev–Trinajstić information content (AvgIpc) is 3.11. The van der Waals surface area contributed by atoms with Crippen molar-refractivity contribution in [3.8, 4) is 5.75 Å². The van der Waals surface area contributed by atoms with E-state index in [1.807, 2.05) is 0 Å². The highest BCUT2D eigenvalue weighted by Crippen LogP contribution is 2.30. The van der Waals surface area contributed by atoms with Crippen LogP contribution >= 0.6 is 0 Å². The predicted molar refractivity (Wildman–Crippen MR) is 85.2 cm³/mol. The number of likely N-dealkylation sites (tertiary alicyclic amines) is 1. The zero-order valence-corrected chi connectivity index (χ0v) is 13.4. The molecule has 3 rings (SSSR count). The molecule has 1 N–H and O–H groups in total. The zero-order chi connectivity index (χ0) is 16.2. The highest BCUT2D eigenvalue weighted by Gasteiger charge is 2.31. The molecule has 6 heteroatoms. The fourth-order valence-electron chi connectivity index (χ4n) is 3.43. The summed E-state index contributed by atoms with van der Waals surface area (Å²) in [7, 11) is 1.46. The van der Waals surface area contributed by atoms with Crippen LogP contribution < -0.4 is 10.1 Å². The molecule has 126 valence electrons. The summed E-state index contributed by atoms with van der Waals surface area (Å²) in [6.07, 6.45) is 4.49. The average molecular weight is 322 g/mol. The van der Waals surface area contributed by atoms with Crippen LogP contribution in [0.5, 0.6) is 5.75 Å². The van der Waals surface area contributed by atoms with Crippen LogP contribution in [0.3, 0.4) is 0 Å². The van der Waals surface area contributed by atoms with Crippen LogP contribution in [0.4, 0.5) is 14.9 Å². The Morgan fingerprint density at radius 3 is 2.78 bits per heavy atom. The minimum atomic E-state index is -0.494. The van der Waals surface area contributed by atoms with Crippen molar-refractivity contribution in [1.82, 2.24) is 4.90 Å². The van der Waals surface area contributed by atoms with E-state index in [0.717, 1.165) is 32.3 Å². The van der Waals surface area contributed by atoms with Gasteiger partial charge < -0.3 is 19.7 Å². The zero-order valence-electron chi connectivity index (χ0n) is 13.4. The molecule has 2 saturated heterocycles. The monoisotopic (exact) mass is 322 g/mol. The third-order valence-electron chi connectivity index (χ3n) is 4.74. The molecule has 23 heavy (non-hydrogen) atoms. The highest BCUT2D eigenvalue weighted by atomic mass is 19.1. The number of urea groups is 1. The number of amides is 2. The van der Waals surface area contributed by atoms with Gasteiger partial charge in [0, 0.05) is 19.7 Å². The van der Waals surface area contributed by atoms with E-state index in [2.05, 4.69) is 5.32 Å². The molecule has 2 aliphatic rings. The summed E-state index contributed by atoms with van der Waals surface area (Å²) in [6.45, 7) is 2.21. The lowest BCUT2D eigenvalue weighted by Crippen LogP contribution is -2.43. The number of benzene rings is 1. The van der Waals surface area contributed by atoms with Gasteiger partial charge in [-0.3, -0.25) is 0 Å². The van der Waals surface area contributed by atoms with E-state index < -0.39 is 5.82 Å².